The van der Waals surface area contributed by atoms with Crippen molar-refractivity contribution in [1.29, 1.82) is 0 Å². The number of amides is 2. The number of carbonyl (C=O) groups is 2. The summed E-state index contributed by atoms with van der Waals surface area (Å²) in [5, 5.41) is 3.40. The summed E-state index contributed by atoms with van der Waals surface area (Å²) in [6, 6.07) is 0.0421. The van der Waals surface area contributed by atoms with Crippen LogP contribution in [-0.2, 0) is 9.59 Å². The molecule has 5 heteroatoms. The molecule has 2 aliphatic rings. The van der Waals surface area contributed by atoms with Crippen LogP contribution in [-0.4, -0.2) is 41.9 Å². The number of rotatable bonds is 6. The smallest absolute Gasteiger partial charge is 0.234 e. The molecule has 1 aliphatic carbocycles. The number of primary amides is 1. The Labute approximate surface area is 121 Å². The minimum Gasteiger partial charge on any atom is -0.368 e. The Morgan fingerprint density at radius 1 is 1.30 bits per heavy atom. The molecule has 0 aromatic heterocycles. The van der Waals surface area contributed by atoms with E-state index in [1.165, 1.54) is 0 Å². The maximum atomic E-state index is 12.1. The third-order valence-electron chi connectivity index (χ3n) is 4.66. The van der Waals surface area contributed by atoms with Gasteiger partial charge in [-0.3, -0.25) is 9.59 Å². The fourth-order valence-electron chi connectivity index (χ4n) is 3.11. The molecule has 1 heterocycles. The van der Waals surface area contributed by atoms with Gasteiger partial charge in [0.2, 0.25) is 11.8 Å². The summed E-state index contributed by atoms with van der Waals surface area (Å²) in [7, 11) is 0. The van der Waals surface area contributed by atoms with Crippen LogP contribution in [0.2, 0.25) is 0 Å². The van der Waals surface area contributed by atoms with Gasteiger partial charge < -0.3 is 16.0 Å². The summed E-state index contributed by atoms with van der Waals surface area (Å²) >= 11 is 0. The topological polar surface area (TPSA) is 75.4 Å². The lowest BCUT2D eigenvalue weighted by atomic mass is 9.88. The van der Waals surface area contributed by atoms with E-state index in [0.717, 1.165) is 38.8 Å². The van der Waals surface area contributed by atoms with Crippen molar-refractivity contribution in [2.45, 2.75) is 58.0 Å². The average Bonchev–Trinajstić information content (AvgIpc) is 3.28. The second kappa shape index (κ2) is 6.57. The number of hydrogen-bond acceptors (Lipinski definition) is 3. The van der Waals surface area contributed by atoms with Crippen molar-refractivity contribution in [3.63, 3.8) is 0 Å². The largest absolute Gasteiger partial charge is 0.368 e. The molecule has 1 saturated carbocycles. The second-order valence-corrected chi connectivity index (χ2v) is 6.15. The summed E-state index contributed by atoms with van der Waals surface area (Å²) in [6.45, 7) is 5.74. The molecular formula is C15H27N3O2. The third-order valence-corrected chi connectivity index (χ3v) is 4.66. The van der Waals surface area contributed by atoms with Crippen LogP contribution in [0.1, 0.15) is 46.0 Å². The van der Waals surface area contributed by atoms with Crippen LogP contribution < -0.4 is 11.1 Å². The molecule has 2 rings (SSSR count). The standard InChI is InChI=1S/C15H27N3O2/c1-3-10-9-18(15(20)11-5-6-11)8-7-13(10)17-12(4-2)14(16)19/h10-13,17H,3-9H2,1-2H3,(H2,16,19)/t10-,12+,13+/m1/s1. The molecule has 2 fully saturated rings. The zero-order valence-electron chi connectivity index (χ0n) is 12.6. The predicted molar refractivity (Wildman–Crippen MR) is 77.9 cm³/mol. The minimum absolute atomic E-state index is 0.250. The first-order chi connectivity index (χ1) is 9.56. The summed E-state index contributed by atoms with van der Waals surface area (Å²) in [4.78, 5) is 25.5. The van der Waals surface area contributed by atoms with Gasteiger partial charge in [-0.1, -0.05) is 20.3 Å². The Hall–Kier alpha value is -1.10. The first-order valence-corrected chi connectivity index (χ1v) is 7.90. The number of nitrogens with one attached hydrogen (secondary N) is 1. The van der Waals surface area contributed by atoms with Crippen LogP contribution in [0, 0.1) is 11.8 Å². The van der Waals surface area contributed by atoms with Crippen LogP contribution in [0.15, 0.2) is 0 Å². The van der Waals surface area contributed by atoms with E-state index in [0.29, 0.717) is 30.2 Å². The molecule has 3 atom stereocenters. The van der Waals surface area contributed by atoms with Gasteiger partial charge in [-0.25, -0.2) is 0 Å². The third kappa shape index (κ3) is 3.51. The lowest BCUT2D eigenvalue weighted by Crippen LogP contribution is -2.55. The van der Waals surface area contributed by atoms with Crippen molar-refractivity contribution in [3.8, 4) is 0 Å². The molecule has 0 unspecified atom stereocenters. The Kier molecular flexibility index (Phi) is 5.02. The summed E-state index contributed by atoms with van der Waals surface area (Å²) < 4.78 is 0. The van der Waals surface area contributed by atoms with Gasteiger partial charge in [0.25, 0.3) is 0 Å². The molecule has 1 aliphatic heterocycles. The summed E-state index contributed by atoms with van der Waals surface area (Å²) in [6.07, 6.45) is 4.77. The maximum absolute atomic E-state index is 12.1. The zero-order valence-corrected chi connectivity index (χ0v) is 12.6. The quantitative estimate of drug-likeness (QED) is 0.759. The first kappa shape index (κ1) is 15.3. The molecule has 5 nitrogen and oxygen atoms in total. The van der Waals surface area contributed by atoms with Crippen LogP contribution in [0.4, 0.5) is 0 Å². The van der Waals surface area contributed by atoms with Crippen molar-refractivity contribution < 1.29 is 9.59 Å². The van der Waals surface area contributed by atoms with E-state index in [9.17, 15) is 9.59 Å². The van der Waals surface area contributed by atoms with Crippen molar-refractivity contribution >= 4 is 11.8 Å². The van der Waals surface area contributed by atoms with Gasteiger partial charge in [0.15, 0.2) is 0 Å². The van der Waals surface area contributed by atoms with E-state index in [-0.39, 0.29) is 11.9 Å². The van der Waals surface area contributed by atoms with Crippen LogP contribution in [0.5, 0.6) is 0 Å². The first-order valence-electron chi connectivity index (χ1n) is 7.90. The van der Waals surface area contributed by atoms with Crippen molar-refractivity contribution in [2.24, 2.45) is 17.6 Å². The zero-order chi connectivity index (χ0) is 14.7. The highest BCUT2D eigenvalue weighted by Crippen LogP contribution is 2.33. The lowest BCUT2D eigenvalue weighted by Gasteiger charge is -2.40. The second-order valence-electron chi connectivity index (χ2n) is 6.15. The van der Waals surface area contributed by atoms with Gasteiger partial charge in [0.05, 0.1) is 6.04 Å². The highest BCUT2D eigenvalue weighted by atomic mass is 16.2. The van der Waals surface area contributed by atoms with Crippen molar-refractivity contribution in [1.82, 2.24) is 10.2 Å². The van der Waals surface area contributed by atoms with Gasteiger partial charge in [-0.05, 0) is 31.6 Å². The molecule has 0 aromatic rings. The fraction of sp³-hybridized carbons (Fsp3) is 0.867. The van der Waals surface area contributed by atoms with E-state index in [4.69, 9.17) is 5.73 Å². The molecule has 0 spiro atoms. The molecular weight excluding hydrogens is 254 g/mol. The Balaban J connectivity index is 1.92. The Bertz CT molecular complexity index is 368. The Morgan fingerprint density at radius 3 is 2.50 bits per heavy atom. The fourth-order valence-corrected chi connectivity index (χ4v) is 3.11. The predicted octanol–water partition coefficient (Wildman–Crippen LogP) is 0.877. The van der Waals surface area contributed by atoms with Gasteiger partial charge in [-0.2, -0.15) is 0 Å². The van der Waals surface area contributed by atoms with Crippen LogP contribution in [0.25, 0.3) is 0 Å². The molecule has 2 amide bonds. The van der Waals surface area contributed by atoms with Crippen molar-refractivity contribution in [3.05, 3.63) is 0 Å². The van der Waals surface area contributed by atoms with Gasteiger partial charge in [0.1, 0.15) is 0 Å². The molecule has 114 valence electrons. The van der Waals surface area contributed by atoms with Crippen molar-refractivity contribution in [2.75, 3.05) is 13.1 Å². The van der Waals surface area contributed by atoms with Gasteiger partial charge >= 0.3 is 0 Å². The monoisotopic (exact) mass is 281 g/mol. The molecule has 20 heavy (non-hydrogen) atoms. The number of piperidine rings is 1. The number of nitrogens with two attached hydrogens (primary N) is 1. The van der Waals surface area contributed by atoms with Gasteiger partial charge in [-0.15, -0.1) is 0 Å². The summed E-state index contributed by atoms with van der Waals surface area (Å²) in [5.74, 6) is 0.772. The summed E-state index contributed by atoms with van der Waals surface area (Å²) in [5.41, 5.74) is 5.41. The number of hydrogen-bond donors (Lipinski definition) is 2. The van der Waals surface area contributed by atoms with Crippen LogP contribution in [0.3, 0.4) is 0 Å². The minimum atomic E-state index is -0.279. The molecule has 0 radical (unpaired) electrons. The van der Waals surface area contributed by atoms with E-state index >= 15 is 0 Å². The van der Waals surface area contributed by atoms with E-state index in [1.807, 2.05) is 11.8 Å². The number of likely N-dealkylation sites (tertiary alicyclic amines) is 1. The van der Waals surface area contributed by atoms with Gasteiger partial charge in [0, 0.05) is 25.0 Å². The maximum Gasteiger partial charge on any atom is 0.234 e. The average molecular weight is 281 g/mol. The van der Waals surface area contributed by atoms with E-state index in [2.05, 4.69) is 12.2 Å². The SMILES string of the molecule is CC[C@@H]1CN(C(=O)C2CC2)CC[C@@H]1N[C@@H](CC)C(N)=O. The van der Waals surface area contributed by atoms with E-state index < -0.39 is 0 Å². The molecule has 0 aromatic carbocycles. The molecule has 1 saturated heterocycles. The highest BCUT2D eigenvalue weighted by molar-refractivity contribution is 5.81. The Morgan fingerprint density at radius 2 is 2.00 bits per heavy atom. The van der Waals surface area contributed by atoms with E-state index in [1.54, 1.807) is 0 Å². The molecule has 3 N–H and O–H groups in total. The molecule has 0 bridgehead atoms. The lowest BCUT2D eigenvalue weighted by molar-refractivity contribution is -0.135. The number of carbonyl (C=O) groups excluding carboxylic acids is 2. The highest BCUT2D eigenvalue weighted by Gasteiger charge is 2.38. The number of nitrogens with zero attached hydrogens (tertiary/aromatic N) is 1. The van der Waals surface area contributed by atoms with Crippen LogP contribution >= 0.6 is 0 Å². The normalized spacial score (nSPS) is 28.2.